The van der Waals surface area contributed by atoms with Crippen LogP contribution in [-0.4, -0.2) is 25.1 Å². The predicted octanol–water partition coefficient (Wildman–Crippen LogP) is 1.28. The highest BCUT2D eigenvalue weighted by Gasteiger charge is 1.99. The lowest BCUT2D eigenvalue weighted by molar-refractivity contribution is -0.137. The largest absolute Gasteiger partial charge is 0.490 e. The van der Waals surface area contributed by atoms with Gasteiger partial charge in [0.1, 0.15) is 12.4 Å². The molecule has 1 aromatic rings. The number of amides is 1. The SMILES string of the molecule is CCOC(=O)/C=C/COc1ccc(C(N)=O)cc1. The number of hydrogen-bond donors (Lipinski definition) is 1. The molecule has 0 heterocycles. The quantitative estimate of drug-likeness (QED) is 0.608. The Labute approximate surface area is 105 Å². The molecule has 96 valence electrons. The van der Waals surface area contributed by atoms with E-state index >= 15 is 0 Å². The fourth-order valence-corrected chi connectivity index (χ4v) is 1.19. The number of benzene rings is 1. The Morgan fingerprint density at radius 2 is 1.94 bits per heavy atom. The maximum absolute atomic E-state index is 11.0. The summed E-state index contributed by atoms with van der Waals surface area (Å²) in [5, 5.41) is 0. The van der Waals surface area contributed by atoms with Gasteiger partial charge >= 0.3 is 5.97 Å². The third-order valence-corrected chi connectivity index (χ3v) is 2.03. The monoisotopic (exact) mass is 249 g/mol. The van der Waals surface area contributed by atoms with Crippen molar-refractivity contribution < 1.29 is 19.1 Å². The minimum atomic E-state index is -0.483. The molecule has 0 unspecified atom stereocenters. The smallest absolute Gasteiger partial charge is 0.330 e. The first kappa shape index (κ1) is 13.8. The van der Waals surface area contributed by atoms with Crippen molar-refractivity contribution in [1.82, 2.24) is 0 Å². The molecule has 0 bridgehead atoms. The Bertz CT molecular complexity index is 437. The van der Waals surface area contributed by atoms with Crippen molar-refractivity contribution in [1.29, 1.82) is 0 Å². The van der Waals surface area contributed by atoms with Gasteiger partial charge in [0.15, 0.2) is 0 Å². The van der Waals surface area contributed by atoms with E-state index in [9.17, 15) is 9.59 Å². The van der Waals surface area contributed by atoms with Crippen molar-refractivity contribution in [2.24, 2.45) is 5.73 Å². The average Bonchev–Trinajstić information content (AvgIpc) is 2.35. The van der Waals surface area contributed by atoms with Gasteiger partial charge in [0.25, 0.3) is 0 Å². The van der Waals surface area contributed by atoms with Gasteiger partial charge < -0.3 is 15.2 Å². The van der Waals surface area contributed by atoms with Gasteiger partial charge in [0, 0.05) is 11.6 Å². The summed E-state index contributed by atoms with van der Waals surface area (Å²) in [5.41, 5.74) is 5.53. The number of primary amides is 1. The van der Waals surface area contributed by atoms with E-state index in [1.54, 1.807) is 37.3 Å². The molecule has 1 rings (SSSR count). The zero-order chi connectivity index (χ0) is 13.4. The number of carbonyl (C=O) groups excluding carboxylic acids is 2. The first-order chi connectivity index (χ1) is 8.63. The molecule has 0 aromatic heterocycles. The summed E-state index contributed by atoms with van der Waals surface area (Å²) in [4.78, 5) is 21.8. The summed E-state index contributed by atoms with van der Waals surface area (Å²) in [5.74, 6) is -0.289. The molecular formula is C13H15NO4. The predicted molar refractivity (Wildman–Crippen MR) is 66.2 cm³/mol. The summed E-state index contributed by atoms with van der Waals surface area (Å²) in [6.45, 7) is 2.33. The summed E-state index contributed by atoms with van der Waals surface area (Å²) in [6, 6.07) is 6.43. The van der Waals surface area contributed by atoms with Crippen LogP contribution in [0.25, 0.3) is 0 Å². The number of nitrogens with two attached hydrogens (primary N) is 1. The van der Waals surface area contributed by atoms with E-state index in [2.05, 4.69) is 0 Å². The van der Waals surface area contributed by atoms with E-state index in [0.717, 1.165) is 0 Å². The molecule has 0 saturated carbocycles. The van der Waals surface area contributed by atoms with Gasteiger partial charge in [-0.25, -0.2) is 4.79 Å². The molecule has 0 atom stereocenters. The summed E-state index contributed by atoms with van der Waals surface area (Å²) >= 11 is 0. The molecule has 1 amide bonds. The topological polar surface area (TPSA) is 78.6 Å². The molecule has 0 fully saturated rings. The maximum Gasteiger partial charge on any atom is 0.330 e. The van der Waals surface area contributed by atoms with Crippen LogP contribution in [0.1, 0.15) is 17.3 Å². The van der Waals surface area contributed by atoms with E-state index in [1.165, 1.54) is 6.08 Å². The second-order valence-corrected chi connectivity index (χ2v) is 3.35. The van der Waals surface area contributed by atoms with Crippen LogP contribution < -0.4 is 10.5 Å². The van der Waals surface area contributed by atoms with Gasteiger partial charge in [-0.3, -0.25) is 4.79 Å². The molecule has 0 aliphatic heterocycles. The highest BCUT2D eigenvalue weighted by molar-refractivity contribution is 5.92. The van der Waals surface area contributed by atoms with Crippen molar-refractivity contribution in [3.8, 4) is 5.75 Å². The van der Waals surface area contributed by atoms with Crippen molar-refractivity contribution in [3.05, 3.63) is 42.0 Å². The van der Waals surface area contributed by atoms with E-state index in [-0.39, 0.29) is 6.61 Å². The molecule has 18 heavy (non-hydrogen) atoms. The zero-order valence-electron chi connectivity index (χ0n) is 10.1. The molecule has 0 aliphatic carbocycles. The molecule has 5 heteroatoms. The Morgan fingerprint density at radius 1 is 1.28 bits per heavy atom. The van der Waals surface area contributed by atoms with Gasteiger partial charge in [-0.1, -0.05) is 0 Å². The van der Waals surface area contributed by atoms with Crippen LogP contribution in [-0.2, 0) is 9.53 Å². The van der Waals surface area contributed by atoms with Gasteiger partial charge in [-0.15, -0.1) is 0 Å². The van der Waals surface area contributed by atoms with E-state index < -0.39 is 11.9 Å². The lowest BCUT2D eigenvalue weighted by atomic mass is 10.2. The van der Waals surface area contributed by atoms with Crippen molar-refractivity contribution >= 4 is 11.9 Å². The third kappa shape index (κ3) is 4.69. The Morgan fingerprint density at radius 3 is 2.50 bits per heavy atom. The summed E-state index contributed by atoms with van der Waals surface area (Å²) in [6.07, 6.45) is 2.86. The number of carbonyl (C=O) groups is 2. The summed E-state index contributed by atoms with van der Waals surface area (Å²) in [7, 11) is 0. The van der Waals surface area contributed by atoms with Crippen molar-refractivity contribution in [3.63, 3.8) is 0 Å². The van der Waals surface area contributed by atoms with Crippen LogP contribution in [0.2, 0.25) is 0 Å². The average molecular weight is 249 g/mol. The van der Waals surface area contributed by atoms with Crippen LogP contribution in [0.15, 0.2) is 36.4 Å². The van der Waals surface area contributed by atoms with Crippen LogP contribution in [0.5, 0.6) is 5.75 Å². The Kier molecular flexibility index (Phi) is 5.44. The Balaban J connectivity index is 2.40. The molecular weight excluding hydrogens is 234 g/mol. The normalized spacial score (nSPS) is 10.3. The Hall–Kier alpha value is -2.30. The lowest BCUT2D eigenvalue weighted by Gasteiger charge is -2.03. The van der Waals surface area contributed by atoms with Gasteiger partial charge in [-0.05, 0) is 37.3 Å². The number of esters is 1. The standard InChI is InChI=1S/C13H15NO4/c1-2-17-12(15)4-3-9-18-11-7-5-10(6-8-11)13(14)16/h3-8H,2,9H2,1H3,(H2,14,16)/b4-3+. The second kappa shape index (κ2) is 7.11. The first-order valence-electron chi connectivity index (χ1n) is 5.49. The zero-order valence-corrected chi connectivity index (χ0v) is 10.1. The van der Waals surface area contributed by atoms with Gasteiger partial charge in [0.05, 0.1) is 6.61 Å². The van der Waals surface area contributed by atoms with Crippen LogP contribution in [0.4, 0.5) is 0 Å². The third-order valence-electron chi connectivity index (χ3n) is 2.03. The molecule has 0 radical (unpaired) electrons. The molecule has 5 nitrogen and oxygen atoms in total. The maximum atomic E-state index is 11.0. The number of rotatable bonds is 6. The molecule has 2 N–H and O–H groups in total. The number of ether oxygens (including phenoxy) is 2. The molecule has 0 saturated heterocycles. The van der Waals surface area contributed by atoms with E-state index in [4.69, 9.17) is 15.2 Å². The molecule has 1 aromatic carbocycles. The fraction of sp³-hybridized carbons (Fsp3) is 0.231. The van der Waals surface area contributed by atoms with Crippen molar-refractivity contribution in [2.75, 3.05) is 13.2 Å². The van der Waals surface area contributed by atoms with Crippen molar-refractivity contribution in [2.45, 2.75) is 6.92 Å². The number of hydrogen-bond acceptors (Lipinski definition) is 4. The highest BCUT2D eigenvalue weighted by atomic mass is 16.5. The van der Waals surface area contributed by atoms with Crippen LogP contribution >= 0.6 is 0 Å². The fourth-order valence-electron chi connectivity index (χ4n) is 1.19. The van der Waals surface area contributed by atoms with Gasteiger partial charge in [-0.2, -0.15) is 0 Å². The molecule has 0 aliphatic rings. The van der Waals surface area contributed by atoms with E-state index in [0.29, 0.717) is 17.9 Å². The second-order valence-electron chi connectivity index (χ2n) is 3.35. The van der Waals surface area contributed by atoms with E-state index in [1.807, 2.05) is 0 Å². The molecule has 0 spiro atoms. The lowest BCUT2D eigenvalue weighted by Crippen LogP contribution is -2.10. The minimum Gasteiger partial charge on any atom is -0.490 e. The van der Waals surface area contributed by atoms with Gasteiger partial charge in [0.2, 0.25) is 5.91 Å². The highest BCUT2D eigenvalue weighted by Crippen LogP contribution is 2.11. The first-order valence-corrected chi connectivity index (χ1v) is 5.49. The summed E-state index contributed by atoms with van der Waals surface area (Å²) < 4.78 is 10.0. The minimum absolute atomic E-state index is 0.245. The van der Waals surface area contributed by atoms with Crippen LogP contribution in [0.3, 0.4) is 0 Å². The van der Waals surface area contributed by atoms with Crippen LogP contribution in [0, 0.1) is 0 Å².